The number of carbonyl (C=O) groups is 1. The predicted octanol–water partition coefficient (Wildman–Crippen LogP) is 2.88. The lowest BCUT2D eigenvalue weighted by atomic mass is 10.2. The lowest BCUT2D eigenvalue weighted by molar-refractivity contribution is -0.384. The van der Waals surface area contributed by atoms with E-state index in [2.05, 4.69) is 10.2 Å². The molecule has 0 aromatic heterocycles. The minimum absolute atomic E-state index is 0.0656. The van der Waals surface area contributed by atoms with Gasteiger partial charge in [-0.15, -0.1) is 0 Å². The molecule has 1 heterocycles. The van der Waals surface area contributed by atoms with Crippen molar-refractivity contribution in [2.24, 2.45) is 0 Å². The number of carbonyl (C=O) groups excluding carboxylic acids is 1. The third-order valence-corrected chi connectivity index (χ3v) is 4.80. The maximum Gasteiger partial charge on any atom is 0.269 e. The number of piperazine rings is 1. The van der Waals surface area contributed by atoms with E-state index in [4.69, 9.17) is 0 Å². The van der Waals surface area contributed by atoms with Crippen LogP contribution in [0, 0.1) is 15.9 Å². The molecule has 7 nitrogen and oxygen atoms in total. The molecule has 2 aromatic carbocycles. The van der Waals surface area contributed by atoms with Gasteiger partial charge < -0.3 is 10.2 Å². The van der Waals surface area contributed by atoms with Gasteiger partial charge in [-0.25, -0.2) is 4.39 Å². The standard InChI is InChI=1S/C19H21FN4O3/c1-14(19(25)21-18-5-3-2-4-17(18)20)22-10-12-23(13-11-22)15-6-8-16(9-7-15)24(26)27/h2-9,14H,10-13H2,1H3,(H,21,25)/t14-/m1/s1. The fraction of sp³-hybridized carbons (Fsp3) is 0.316. The molecular formula is C19H21FN4O3. The van der Waals surface area contributed by atoms with Gasteiger partial charge in [-0.3, -0.25) is 19.8 Å². The fourth-order valence-electron chi connectivity index (χ4n) is 3.12. The SMILES string of the molecule is C[C@H](C(=O)Nc1ccccc1F)N1CCN(c2ccc([N+](=O)[O-])cc2)CC1. The number of nitrogens with zero attached hydrogens (tertiary/aromatic N) is 3. The molecule has 1 saturated heterocycles. The van der Waals surface area contributed by atoms with Crippen molar-refractivity contribution in [2.75, 3.05) is 36.4 Å². The number of nitro benzene ring substituents is 1. The minimum Gasteiger partial charge on any atom is -0.369 e. The summed E-state index contributed by atoms with van der Waals surface area (Å²) in [5, 5.41) is 13.4. The summed E-state index contributed by atoms with van der Waals surface area (Å²) >= 11 is 0. The van der Waals surface area contributed by atoms with E-state index in [1.807, 2.05) is 4.90 Å². The molecule has 0 spiro atoms. The van der Waals surface area contributed by atoms with Crippen molar-refractivity contribution in [3.8, 4) is 0 Å². The number of amides is 1. The molecule has 1 amide bonds. The van der Waals surface area contributed by atoms with Crippen LogP contribution in [0.2, 0.25) is 0 Å². The summed E-state index contributed by atoms with van der Waals surface area (Å²) in [5.41, 5.74) is 1.17. The van der Waals surface area contributed by atoms with E-state index >= 15 is 0 Å². The first-order chi connectivity index (χ1) is 13.0. The van der Waals surface area contributed by atoms with Crippen LogP contribution < -0.4 is 10.2 Å². The summed E-state index contributed by atoms with van der Waals surface area (Å²) in [5.74, 6) is -0.704. The molecule has 2 aromatic rings. The van der Waals surface area contributed by atoms with Crippen LogP contribution in [0.15, 0.2) is 48.5 Å². The van der Waals surface area contributed by atoms with E-state index in [1.54, 1.807) is 31.2 Å². The van der Waals surface area contributed by atoms with Crippen molar-refractivity contribution in [1.82, 2.24) is 4.90 Å². The Bertz CT molecular complexity index is 820. The first kappa shape index (κ1) is 18.8. The highest BCUT2D eigenvalue weighted by Crippen LogP contribution is 2.21. The predicted molar refractivity (Wildman–Crippen MR) is 101 cm³/mol. The molecule has 27 heavy (non-hydrogen) atoms. The van der Waals surface area contributed by atoms with Gasteiger partial charge in [-0.2, -0.15) is 0 Å². The average Bonchev–Trinajstić information content (AvgIpc) is 2.69. The van der Waals surface area contributed by atoms with E-state index < -0.39 is 10.7 Å². The van der Waals surface area contributed by atoms with Gasteiger partial charge in [0.15, 0.2) is 0 Å². The van der Waals surface area contributed by atoms with Crippen molar-refractivity contribution < 1.29 is 14.1 Å². The molecule has 3 rings (SSSR count). The Labute approximate surface area is 156 Å². The number of non-ortho nitro benzene ring substituents is 1. The number of nitro groups is 1. The molecule has 1 N–H and O–H groups in total. The molecule has 1 fully saturated rings. The summed E-state index contributed by atoms with van der Waals surface area (Å²) in [7, 11) is 0. The Hall–Kier alpha value is -3.00. The zero-order chi connectivity index (χ0) is 19.4. The second-order valence-electron chi connectivity index (χ2n) is 6.44. The molecule has 1 atom stereocenters. The molecule has 1 aliphatic rings. The lowest BCUT2D eigenvalue weighted by Crippen LogP contribution is -2.52. The van der Waals surface area contributed by atoms with Crippen molar-refractivity contribution in [3.05, 3.63) is 64.5 Å². The van der Waals surface area contributed by atoms with Crippen LogP contribution in [0.5, 0.6) is 0 Å². The zero-order valence-electron chi connectivity index (χ0n) is 15.0. The van der Waals surface area contributed by atoms with Gasteiger partial charge >= 0.3 is 0 Å². The van der Waals surface area contributed by atoms with Crippen LogP contribution in [-0.4, -0.2) is 48.0 Å². The van der Waals surface area contributed by atoms with E-state index in [9.17, 15) is 19.3 Å². The fourth-order valence-corrected chi connectivity index (χ4v) is 3.12. The smallest absolute Gasteiger partial charge is 0.269 e. The largest absolute Gasteiger partial charge is 0.369 e. The van der Waals surface area contributed by atoms with E-state index in [1.165, 1.54) is 24.3 Å². The highest BCUT2D eigenvalue weighted by atomic mass is 19.1. The normalized spacial score (nSPS) is 16.0. The van der Waals surface area contributed by atoms with Gasteiger partial charge in [-0.1, -0.05) is 12.1 Å². The molecular weight excluding hydrogens is 351 g/mol. The molecule has 0 aliphatic carbocycles. The van der Waals surface area contributed by atoms with Crippen LogP contribution in [-0.2, 0) is 4.79 Å². The van der Waals surface area contributed by atoms with Gasteiger partial charge in [0.25, 0.3) is 5.69 Å². The number of para-hydroxylation sites is 1. The number of hydrogen-bond acceptors (Lipinski definition) is 5. The van der Waals surface area contributed by atoms with Gasteiger partial charge in [-0.05, 0) is 31.2 Å². The Morgan fingerprint density at radius 1 is 1.11 bits per heavy atom. The van der Waals surface area contributed by atoms with Crippen LogP contribution in [0.4, 0.5) is 21.5 Å². The minimum atomic E-state index is -0.457. The summed E-state index contributed by atoms with van der Waals surface area (Å²) in [4.78, 5) is 26.9. The Morgan fingerprint density at radius 3 is 2.33 bits per heavy atom. The Morgan fingerprint density at radius 2 is 1.74 bits per heavy atom. The van der Waals surface area contributed by atoms with E-state index in [-0.39, 0.29) is 23.3 Å². The zero-order valence-corrected chi connectivity index (χ0v) is 15.0. The highest BCUT2D eigenvalue weighted by Gasteiger charge is 2.26. The first-order valence-electron chi connectivity index (χ1n) is 8.74. The quantitative estimate of drug-likeness (QED) is 0.645. The summed E-state index contributed by atoms with van der Waals surface area (Å²) < 4.78 is 13.7. The van der Waals surface area contributed by atoms with Crippen molar-refractivity contribution in [1.29, 1.82) is 0 Å². The maximum atomic E-state index is 13.7. The number of anilines is 2. The lowest BCUT2D eigenvalue weighted by Gasteiger charge is -2.38. The number of benzene rings is 2. The van der Waals surface area contributed by atoms with Crippen LogP contribution in [0.1, 0.15) is 6.92 Å². The molecule has 0 unspecified atom stereocenters. The average molecular weight is 372 g/mol. The number of rotatable bonds is 5. The van der Waals surface area contributed by atoms with Crippen molar-refractivity contribution in [3.63, 3.8) is 0 Å². The monoisotopic (exact) mass is 372 g/mol. The van der Waals surface area contributed by atoms with E-state index in [0.717, 1.165) is 5.69 Å². The molecule has 0 radical (unpaired) electrons. The summed E-state index contributed by atoms with van der Waals surface area (Å²) in [6, 6.07) is 12.2. The van der Waals surface area contributed by atoms with Crippen molar-refractivity contribution in [2.45, 2.75) is 13.0 Å². The first-order valence-corrected chi connectivity index (χ1v) is 8.74. The molecule has 0 bridgehead atoms. The van der Waals surface area contributed by atoms with Crippen LogP contribution in [0.25, 0.3) is 0 Å². The van der Waals surface area contributed by atoms with Gasteiger partial charge in [0, 0.05) is 44.0 Å². The van der Waals surface area contributed by atoms with Crippen LogP contribution >= 0.6 is 0 Å². The van der Waals surface area contributed by atoms with E-state index in [0.29, 0.717) is 26.2 Å². The molecule has 1 aliphatic heterocycles. The van der Waals surface area contributed by atoms with Gasteiger partial charge in [0.05, 0.1) is 16.7 Å². The number of nitrogens with one attached hydrogen (secondary N) is 1. The molecule has 0 saturated carbocycles. The van der Waals surface area contributed by atoms with Crippen LogP contribution in [0.3, 0.4) is 0 Å². The number of halogens is 1. The maximum absolute atomic E-state index is 13.7. The second-order valence-corrected chi connectivity index (χ2v) is 6.44. The Balaban J connectivity index is 1.55. The topological polar surface area (TPSA) is 78.7 Å². The van der Waals surface area contributed by atoms with Gasteiger partial charge in [0.1, 0.15) is 5.82 Å². The van der Waals surface area contributed by atoms with Crippen molar-refractivity contribution >= 4 is 23.0 Å². The highest BCUT2D eigenvalue weighted by molar-refractivity contribution is 5.94. The third kappa shape index (κ3) is 4.40. The second kappa shape index (κ2) is 8.13. The molecule has 142 valence electrons. The summed E-state index contributed by atoms with van der Waals surface area (Å²) in [6.45, 7) is 4.55. The molecule has 8 heteroatoms. The van der Waals surface area contributed by atoms with Gasteiger partial charge in [0.2, 0.25) is 5.91 Å². The summed E-state index contributed by atoms with van der Waals surface area (Å²) in [6.07, 6.45) is 0. The third-order valence-electron chi connectivity index (χ3n) is 4.80. The number of hydrogen-bond donors (Lipinski definition) is 1. The Kier molecular flexibility index (Phi) is 5.66.